The molecule has 0 bridgehead atoms. The lowest BCUT2D eigenvalue weighted by Gasteiger charge is -2.25. The van der Waals surface area contributed by atoms with Crippen LogP contribution in [0.15, 0.2) is 41.3 Å². The van der Waals surface area contributed by atoms with Gasteiger partial charge in [0, 0.05) is 18.7 Å². The van der Waals surface area contributed by atoms with Gasteiger partial charge in [-0.25, -0.2) is 0 Å². The average Bonchev–Trinajstić information content (AvgIpc) is 3.11. The molecule has 2 fully saturated rings. The number of nitrogens with zero attached hydrogens (tertiary/aromatic N) is 2. The van der Waals surface area contributed by atoms with Gasteiger partial charge in [0.05, 0.1) is 22.0 Å². The lowest BCUT2D eigenvalue weighted by atomic mass is 9.89. The molecule has 8 nitrogen and oxygen atoms in total. The van der Waals surface area contributed by atoms with Crippen molar-refractivity contribution in [3.8, 4) is 11.5 Å². The molecule has 2 aromatic carbocycles. The van der Waals surface area contributed by atoms with Crippen LogP contribution in [0.3, 0.4) is 0 Å². The summed E-state index contributed by atoms with van der Waals surface area (Å²) in [6, 6.07) is 9.35. The zero-order chi connectivity index (χ0) is 24.9. The minimum absolute atomic E-state index is 0.00290. The smallest absolute Gasteiger partial charge is 0.293 e. The van der Waals surface area contributed by atoms with E-state index < -0.39 is 4.92 Å². The molecule has 1 aliphatic heterocycles. The second-order valence-electron chi connectivity index (χ2n) is 8.54. The van der Waals surface area contributed by atoms with Gasteiger partial charge in [-0.15, -0.1) is 0 Å². The van der Waals surface area contributed by atoms with Gasteiger partial charge in [0.25, 0.3) is 16.8 Å². The molecule has 1 aliphatic carbocycles. The fraction of sp³-hybridized carbons (Fsp3) is 0.360. The van der Waals surface area contributed by atoms with Crippen molar-refractivity contribution in [2.24, 2.45) is 5.92 Å². The summed E-state index contributed by atoms with van der Waals surface area (Å²) in [5.41, 5.74) is 1.33. The van der Waals surface area contributed by atoms with Crippen molar-refractivity contribution in [3.63, 3.8) is 0 Å². The molecule has 4 rings (SSSR count). The van der Waals surface area contributed by atoms with Gasteiger partial charge in [-0.1, -0.05) is 30.9 Å². The summed E-state index contributed by atoms with van der Waals surface area (Å²) in [5, 5.41) is 10.8. The Balaban J connectivity index is 1.47. The summed E-state index contributed by atoms with van der Waals surface area (Å²) in [7, 11) is 1.48. The predicted octanol–water partition coefficient (Wildman–Crippen LogP) is 6.45. The fourth-order valence-electron chi connectivity index (χ4n) is 4.27. The topological polar surface area (TPSA) is 99.0 Å². The van der Waals surface area contributed by atoms with Crippen molar-refractivity contribution in [1.29, 1.82) is 0 Å². The number of thioether (sulfide) groups is 1. The lowest BCUT2D eigenvalue weighted by molar-refractivity contribution is -0.384. The molecule has 2 amide bonds. The van der Waals surface area contributed by atoms with Crippen molar-refractivity contribution < 1.29 is 24.0 Å². The Morgan fingerprint density at radius 1 is 1.17 bits per heavy atom. The number of amides is 2. The van der Waals surface area contributed by atoms with Crippen LogP contribution in [-0.2, 0) is 11.4 Å². The molecule has 2 aliphatic rings. The van der Waals surface area contributed by atoms with E-state index in [-0.39, 0.29) is 28.5 Å². The highest BCUT2D eigenvalue weighted by molar-refractivity contribution is 8.18. The highest BCUT2D eigenvalue weighted by Gasteiger charge is 2.36. The van der Waals surface area contributed by atoms with E-state index in [0.29, 0.717) is 34.4 Å². The van der Waals surface area contributed by atoms with Crippen LogP contribution in [0.5, 0.6) is 11.5 Å². The van der Waals surface area contributed by atoms with Gasteiger partial charge in [0.1, 0.15) is 6.61 Å². The first kappa shape index (κ1) is 25.1. The van der Waals surface area contributed by atoms with Crippen LogP contribution in [0.1, 0.15) is 43.2 Å². The van der Waals surface area contributed by atoms with Crippen LogP contribution in [0.2, 0.25) is 5.02 Å². The Kier molecular flexibility index (Phi) is 7.97. The first-order chi connectivity index (χ1) is 16.9. The molecule has 2 aromatic rings. The zero-order valence-corrected chi connectivity index (χ0v) is 20.8. The molecule has 0 radical (unpaired) electrons. The van der Waals surface area contributed by atoms with E-state index in [1.807, 2.05) is 0 Å². The molecule has 184 valence electrons. The van der Waals surface area contributed by atoms with E-state index in [9.17, 15) is 19.7 Å². The van der Waals surface area contributed by atoms with Crippen LogP contribution >= 0.6 is 23.4 Å². The molecule has 1 saturated carbocycles. The zero-order valence-electron chi connectivity index (χ0n) is 19.2. The number of carbonyl (C=O) groups is 2. The fourth-order valence-corrected chi connectivity index (χ4v) is 5.39. The second-order valence-corrected chi connectivity index (χ2v) is 9.94. The van der Waals surface area contributed by atoms with Crippen molar-refractivity contribution in [2.75, 3.05) is 13.7 Å². The molecule has 0 atom stereocenters. The third-order valence-corrected chi connectivity index (χ3v) is 7.31. The van der Waals surface area contributed by atoms with Gasteiger partial charge in [0.15, 0.2) is 11.5 Å². The minimum atomic E-state index is -0.464. The van der Waals surface area contributed by atoms with Crippen LogP contribution in [-0.4, -0.2) is 34.6 Å². The Hall–Kier alpha value is -3.04. The number of methoxy groups -OCH3 is 1. The molecule has 0 spiro atoms. The van der Waals surface area contributed by atoms with Crippen LogP contribution in [0.25, 0.3) is 6.08 Å². The number of ether oxygens (including phenoxy) is 2. The van der Waals surface area contributed by atoms with Crippen molar-refractivity contribution in [1.82, 2.24) is 4.90 Å². The summed E-state index contributed by atoms with van der Waals surface area (Å²) in [4.78, 5) is 37.5. The van der Waals surface area contributed by atoms with Gasteiger partial charge >= 0.3 is 0 Å². The summed E-state index contributed by atoms with van der Waals surface area (Å²) in [6.07, 6.45) is 7.25. The number of rotatable bonds is 8. The average molecular weight is 517 g/mol. The number of non-ortho nitro benzene ring substituents is 1. The number of nitro benzene ring substituents is 1. The van der Waals surface area contributed by atoms with Crippen molar-refractivity contribution >= 4 is 46.3 Å². The molecular weight excluding hydrogens is 492 g/mol. The van der Waals surface area contributed by atoms with Crippen LogP contribution in [0, 0.1) is 16.0 Å². The number of halogens is 1. The largest absolute Gasteiger partial charge is 0.493 e. The summed E-state index contributed by atoms with van der Waals surface area (Å²) >= 11 is 7.40. The highest BCUT2D eigenvalue weighted by atomic mass is 35.5. The summed E-state index contributed by atoms with van der Waals surface area (Å²) < 4.78 is 11.3. The molecular formula is C25H25ClN2O6S. The molecule has 0 aromatic heterocycles. The van der Waals surface area contributed by atoms with Gasteiger partial charge < -0.3 is 9.47 Å². The SMILES string of the molecule is COc1cc(/C=C2/SC(=O)N(CC3CCCCC3)C2=O)cc(Cl)c1OCc1ccc([N+](=O)[O-])cc1. The standard InChI is InChI=1S/C25H25ClN2O6S/c1-33-21-12-18(11-20(26)23(21)34-15-17-7-9-19(10-8-17)28(31)32)13-22-24(29)27(25(30)35-22)14-16-5-3-2-4-6-16/h7-13,16H,2-6,14-15H2,1H3/b22-13+. The number of carbonyl (C=O) groups excluding carboxylic acids is 2. The summed E-state index contributed by atoms with van der Waals surface area (Å²) in [6.45, 7) is 0.606. The Labute approximate surface area is 212 Å². The highest BCUT2D eigenvalue weighted by Crippen LogP contribution is 2.40. The maximum Gasteiger partial charge on any atom is 0.293 e. The van der Waals surface area contributed by atoms with E-state index >= 15 is 0 Å². The van der Waals surface area contributed by atoms with Gasteiger partial charge in [-0.05, 0) is 72.0 Å². The number of benzene rings is 2. The van der Waals surface area contributed by atoms with E-state index in [1.165, 1.54) is 30.6 Å². The van der Waals surface area contributed by atoms with E-state index in [1.54, 1.807) is 30.3 Å². The monoisotopic (exact) mass is 516 g/mol. The molecule has 35 heavy (non-hydrogen) atoms. The molecule has 1 saturated heterocycles. The number of imide groups is 1. The second kappa shape index (κ2) is 11.1. The summed E-state index contributed by atoms with van der Waals surface area (Å²) in [5.74, 6) is 0.777. The lowest BCUT2D eigenvalue weighted by Crippen LogP contribution is -2.34. The third-order valence-electron chi connectivity index (χ3n) is 6.12. The Morgan fingerprint density at radius 3 is 2.54 bits per heavy atom. The van der Waals surface area contributed by atoms with E-state index in [0.717, 1.165) is 43.0 Å². The minimum Gasteiger partial charge on any atom is -0.493 e. The molecule has 0 unspecified atom stereocenters. The number of hydrogen-bond donors (Lipinski definition) is 0. The quantitative estimate of drug-likeness (QED) is 0.226. The van der Waals surface area contributed by atoms with E-state index in [2.05, 4.69) is 0 Å². The van der Waals surface area contributed by atoms with Crippen LogP contribution in [0.4, 0.5) is 10.5 Å². The van der Waals surface area contributed by atoms with Gasteiger partial charge in [0.2, 0.25) is 0 Å². The Morgan fingerprint density at radius 2 is 1.89 bits per heavy atom. The first-order valence-electron chi connectivity index (χ1n) is 11.3. The third kappa shape index (κ3) is 5.97. The predicted molar refractivity (Wildman–Crippen MR) is 135 cm³/mol. The first-order valence-corrected chi connectivity index (χ1v) is 12.5. The van der Waals surface area contributed by atoms with Crippen molar-refractivity contribution in [3.05, 3.63) is 67.6 Å². The maximum atomic E-state index is 12.9. The number of hydrogen-bond acceptors (Lipinski definition) is 7. The molecule has 10 heteroatoms. The maximum absolute atomic E-state index is 12.9. The normalized spacial score (nSPS) is 17.8. The van der Waals surface area contributed by atoms with Gasteiger partial charge in [-0.2, -0.15) is 0 Å². The van der Waals surface area contributed by atoms with Gasteiger partial charge in [-0.3, -0.25) is 24.6 Å². The number of nitro groups is 1. The molecule has 1 heterocycles. The molecule has 0 N–H and O–H groups in total. The van der Waals surface area contributed by atoms with Crippen LogP contribution < -0.4 is 9.47 Å². The van der Waals surface area contributed by atoms with E-state index in [4.69, 9.17) is 21.1 Å². The van der Waals surface area contributed by atoms with Crippen molar-refractivity contribution in [2.45, 2.75) is 38.7 Å². The Bertz CT molecular complexity index is 1160.